The van der Waals surface area contributed by atoms with Crippen molar-refractivity contribution in [2.45, 2.75) is 44.7 Å². The molecule has 0 saturated heterocycles. The van der Waals surface area contributed by atoms with Gasteiger partial charge in [-0.1, -0.05) is 42.4 Å². The number of carbonyl (C=O) groups excluding carboxylic acids is 2. The molecule has 0 atom stereocenters. The van der Waals surface area contributed by atoms with Crippen LogP contribution >= 0.6 is 11.3 Å². The first-order valence-electron chi connectivity index (χ1n) is 9.09. The Hall–Kier alpha value is -2.41. The predicted octanol–water partition coefficient (Wildman–Crippen LogP) is 3.41. The smallest absolute Gasteiger partial charge is 0.321 e. The van der Waals surface area contributed by atoms with Crippen LogP contribution in [0.15, 0.2) is 30.3 Å². The molecule has 2 aromatic rings. The maximum absolute atomic E-state index is 12.6. The lowest BCUT2D eigenvalue weighted by Gasteiger charge is -2.26. The summed E-state index contributed by atoms with van der Waals surface area (Å²) < 4.78 is 0. The lowest BCUT2D eigenvalue weighted by Crippen LogP contribution is -2.36. The lowest BCUT2D eigenvalue weighted by molar-refractivity contribution is 0.0736. The number of anilines is 1. The van der Waals surface area contributed by atoms with Crippen molar-refractivity contribution in [1.29, 1.82) is 0 Å². The highest BCUT2D eigenvalue weighted by molar-refractivity contribution is 7.15. The van der Waals surface area contributed by atoms with Gasteiger partial charge < -0.3 is 10.2 Å². The van der Waals surface area contributed by atoms with Gasteiger partial charge in [-0.25, -0.2) is 9.78 Å². The van der Waals surface area contributed by atoms with Crippen molar-refractivity contribution in [2.24, 2.45) is 0 Å². The van der Waals surface area contributed by atoms with Crippen LogP contribution in [0.1, 0.15) is 46.6 Å². The van der Waals surface area contributed by atoms with E-state index in [0.29, 0.717) is 23.8 Å². The second-order valence-corrected chi connectivity index (χ2v) is 7.90. The molecular weight excluding hydrogens is 348 g/mol. The van der Waals surface area contributed by atoms with Gasteiger partial charge in [0, 0.05) is 29.4 Å². The van der Waals surface area contributed by atoms with Crippen molar-refractivity contribution < 1.29 is 9.59 Å². The molecule has 6 nitrogen and oxygen atoms in total. The standard InChI is InChI=1S/C19H22N4O2S/c24-17(13-6-2-1-3-7-13)23-11-10-15-16(12-23)26-19(21-15)22-18(25)20-14-8-4-5-9-14/h1-3,6-7,14H,4-5,8-12H2,(H2,20,21,22,25). The Bertz CT molecular complexity index is 799. The van der Waals surface area contributed by atoms with E-state index in [2.05, 4.69) is 15.6 Å². The topological polar surface area (TPSA) is 74.3 Å². The number of hydrogen-bond donors (Lipinski definition) is 2. The van der Waals surface area contributed by atoms with Gasteiger partial charge in [-0.05, 0) is 25.0 Å². The number of amides is 3. The molecule has 1 aromatic heterocycles. The first-order chi connectivity index (χ1) is 12.7. The second kappa shape index (κ2) is 7.45. The van der Waals surface area contributed by atoms with Crippen LogP contribution in [0.25, 0.3) is 0 Å². The van der Waals surface area contributed by atoms with E-state index in [1.54, 1.807) is 0 Å². The van der Waals surface area contributed by atoms with Crippen molar-refractivity contribution in [3.63, 3.8) is 0 Å². The van der Waals surface area contributed by atoms with E-state index in [1.165, 1.54) is 24.2 Å². The van der Waals surface area contributed by atoms with E-state index in [9.17, 15) is 9.59 Å². The molecule has 0 spiro atoms. The number of aromatic nitrogens is 1. The highest BCUT2D eigenvalue weighted by Crippen LogP contribution is 2.29. The summed E-state index contributed by atoms with van der Waals surface area (Å²) in [5.74, 6) is 0.0399. The Balaban J connectivity index is 1.39. The normalized spacial score (nSPS) is 17.0. The van der Waals surface area contributed by atoms with E-state index in [0.717, 1.165) is 29.8 Å². The number of benzene rings is 1. The minimum atomic E-state index is -0.180. The first-order valence-corrected chi connectivity index (χ1v) is 9.91. The number of hydrogen-bond acceptors (Lipinski definition) is 4. The third-order valence-corrected chi connectivity index (χ3v) is 5.95. The third kappa shape index (κ3) is 3.72. The SMILES string of the molecule is O=C(Nc1nc2c(s1)CN(C(=O)c1ccccc1)CC2)NC1CCCC1. The van der Waals surface area contributed by atoms with Gasteiger partial charge in [0.1, 0.15) is 0 Å². The molecule has 0 radical (unpaired) electrons. The predicted molar refractivity (Wildman–Crippen MR) is 101 cm³/mol. The quantitative estimate of drug-likeness (QED) is 0.869. The van der Waals surface area contributed by atoms with Crippen molar-refractivity contribution in [3.05, 3.63) is 46.5 Å². The minimum Gasteiger partial charge on any atom is -0.335 e. The maximum atomic E-state index is 12.6. The average molecular weight is 370 g/mol. The van der Waals surface area contributed by atoms with Gasteiger partial charge in [-0.3, -0.25) is 10.1 Å². The summed E-state index contributed by atoms with van der Waals surface area (Å²) in [6.45, 7) is 1.20. The zero-order valence-corrected chi connectivity index (χ0v) is 15.3. The van der Waals surface area contributed by atoms with Crippen LogP contribution in [0.5, 0.6) is 0 Å². The molecule has 3 amide bonds. The van der Waals surface area contributed by atoms with E-state index >= 15 is 0 Å². The molecule has 0 bridgehead atoms. The Kier molecular flexibility index (Phi) is 4.88. The van der Waals surface area contributed by atoms with Gasteiger partial charge in [0.2, 0.25) is 0 Å². The number of carbonyl (C=O) groups is 2. The molecule has 1 aliphatic carbocycles. The van der Waals surface area contributed by atoms with E-state index in [1.807, 2.05) is 35.2 Å². The number of nitrogens with one attached hydrogen (secondary N) is 2. The molecule has 4 rings (SSSR count). The molecule has 7 heteroatoms. The summed E-state index contributed by atoms with van der Waals surface area (Å²) in [5, 5.41) is 6.47. The van der Waals surface area contributed by atoms with Gasteiger partial charge in [0.15, 0.2) is 5.13 Å². The second-order valence-electron chi connectivity index (χ2n) is 6.81. The molecule has 26 heavy (non-hydrogen) atoms. The third-order valence-electron chi connectivity index (χ3n) is 4.95. The van der Waals surface area contributed by atoms with Crippen molar-refractivity contribution in [1.82, 2.24) is 15.2 Å². The highest BCUT2D eigenvalue weighted by Gasteiger charge is 2.25. The van der Waals surface area contributed by atoms with Crippen molar-refractivity contribution >= 4 is 28.4 Å². The number of rotatable bonds is 3. The molecule has 1 aliphatic heterocycles. The average Bonchev–Trinajstić information content (AvgIpc) is 3.30. The van der Waals surface area contributed by atoms with Gasteiger partial charge >= 0.3 is 6.03 Å². The van der Waals surface area contributed by atoms with E-state index in [-0.39, 0.29) is 18.0 Å². The Morgan fingerprint density at radius 2 is 1.92 bits per heavy atom. The highest BCUT2D eigenvalue weighted by atomic mass is 32.1. The molecule has 0 unspecified atom stereocenters. The lowest BCUT2D eigenvalue weighted by atomic mass is 10.1. The zero-order valence-electron chi connectivity index (χ0n) is 14.5. The van der Waals surface area contributed by atoms with E-state index in [4.69, 9.17) is 0 Å². The Morgan fingerprint density at radius 1 is 1.15 bits per heavy atom. The van der Waals surface area contributed by atoms with Crippen LogP contribution in [0, 0.1) is 0 Å². The molecule has 2 heterocycles. The Morgan fingerprint density at radius 3 is 2.69 bits per heavy atom. The number of nitrogens with zero attached hydrogens (tertiary/aromatic N) is 2. The van der Waals surface area contributed by atoms with E-state index < -0.39 is 0 Å². The van der Waals surface area contributed by atoms with Gasteiger partial charge in [0.05, 0.1) is 12.2 Å². The molecule has 2 N–H and O–H groups in total. The number of fused-ring (bicyclic) bond motifs is 1. The first kappa shape index (κ1) is 17.0. The van der Waals surface area contributed by atoms with Gasteiger partial charge in [-0.15, -0.1) is 0 Å². The fourth-order valence-corrected chi connectivity index (χ4v) is 4.59. The van der Waals surface area contributed by atoms with Crippen LogP contribution in [0.3, 0.4) is 0 Å². The summed E-state index contributed by atoms with van der Waals surface area (Å²) in [5.41, 5.74) is 1.69. The van der Waals surface area contributed by atoms with Crippen molar-refractivity contribution in [3.8, 4) is 0 Å². The molecule has 1 aromatic carbocycles. The minimum absolute atomic E-state index is 0.0399. The molecular formula is C19H22N4O2S. The molecule has 2 aliphatic rings. The summed E-state index contributed by atoms with van der Waals surface area (Å²) in [6, 6.07) is 9.43. The molecule has 136 valence electrons. The molecule has 1 fully saturated rings. The summed E-state index contributed by atoms with van der Waals surface area (Å²) in [6.07, 6.45) is 5.19. The zero-order chi connectivity index (χ0) is 17.9. The monoisotopic (exact) mass is 370 g/mol. The fraction of sp³-hybridized carbons (Fsp3) is 0.421. The van der Waals surface area contributed by atoms with Crippen LogP contribution in [-0.2, 0) is 13.0 Å². The maximum Gasteiger partial charge on any atom is 0.321 e. The van der Waals surface area contributed by atoms with Crippen LogP contribution in [0.4, 0.5) is 9.93 Å². The van der Waals surface area contributed by atoms with Gasteiger partial charge in [-0.2, -0.15) is 0 Å². The summed E-state index contributed by atoms with van der Waals surface area (Å²) in [7, 11) is 0. The summed E-state index contributed by atoms with van der Waals surface area (Å²) >= 11 is 1.46. The fourth-order valence-electron chi connectivity index (χ4n) is 3.57. The van der Waals surface area contributed by atoms with Crippen LogP contribution in [0.2, 0.25) is 0 Å². The summed E-state index contributed by atoms with van der Waals surface area (Å²) in [4.78, 5) is 32.2. The van der Waals surface area contributed by atoms with Crippen LogP contribution < -0.4 is 10.6 Å². The van der Waals surface area contributed by atoms with Crippen LogP contribution in [-0.4, -0.2) is 34.4 Å². The largest absolute Gasteiger partial charge is 0.335 e. The molecule has 1 saturated carbocycles. The number of urea groups is 1. The van der Waals surface area contributed by atoms with Gasteiger partial charge in [0.25, 0.3) is 5.91 Å². The Labute approximate surface area is 156 Å². The number of thiazole rings is 1. The van der Waals surface area contributed by atoms with Crippen molar-refractivity contribution in [2.75, 3.05) is 11.9 Å².